The van der Waals surface area contributed by atoms with Crippen molar-refractivity contribution in [3.8, 4) is 21.6 Å². The second-order valence-electron chi connectivity index (χ2n) is 4.79. The van der Waals surface area contributed by atoms with Crippen LogP contribution in [-0.4, -0.2) is 0 Å². The van der Waals surface area contributed by atoms with Gasteiger partial charge in [-0.3, -0.25) is 0 Å². The second-order valence-corrected chi connectivity index (χ2v) is 7.69. The molecule has 0 amide bonds. The fourth-order valence-corrected chi connectivity index (χ4v) is 4.18. The molecule has 0 fully saturated rings. The molecule has 0 saturated heterocycles. The summed E-state index contributed by atoms with van der Waals surface area (Å²) in [5, 5.41) is 1.28. The normalized spacial score (nSPS) is 10.4. The van der Waals surface area contributed by atoms with Crippen LogP contribution in [0.3, 0.4) is 0 Å². The summed E-state index contributed by atoms with van der Waals surface area (Å²) in [5.41, 5.74) is 9.08. The van der Waals surface area contributed by atoms with Crippen LogP contribution in [0.15, 0.2) is 53.0 Å². The Balaban J connectivity index is 0.00000192. The number of benzene rings is 2. The van der Waals surface area contributed by atoms with Gasteiger partial charge in [0.2, 0.25) is 0 Å². The van der Waals surface area contributed by atoms with Crippen LogP contribution in [0.5, 0.6) is 0 Å². The highest BCUT2D eigenvalue weighted by Gasteiger charge is 2.15. The van der Waals surface area contributed by atoms with Crippen molar-refractivity contribution in [1.82, 2.24) is 0 Å². The fraction of sp³-hybridized carbons (Fsp3) is 0.0588. The third kappa shape index (κ3) is 4.11. The molecule has 3 rings (SSSR count). The van der Waals surface area contributed by atoms with Gasteiger partial charge in [-0.2, -0.15) is 0 Å². The molecule has 0 bridgehead atoms. The zero-order valence-corrected chi connectivity index (χ0v) is 16.6. The van der Waals surface area contributed by atoms with Crippen LogP contribution >= 0.6 is 62.9 Å². The number of hydrogen-bond acceptors (Lipinski definition) is 2. The Morgan fingerprint density at radius 1 is 0.957 bits per heavy atom. The molecule has 3 aromatic rings. The fourth-order valence-electron chi connectivity index (χ4n) is 2.26. The highest BCUT2D eigenvalue weighted by Crippen LogP contribution is 2.42. The minimum Gasteiger partial charge on any atom is -0.326 e. The maximum Gasteiger partial charge on any atom is 0.0507 e. The first kappa shape index (κ1) is 18.8. The van der Waals surface area contributed by atoms with Gasteiger partial charge in [0.05, 0.1) is 5.02 Å². The maximum absolute atomic E-state index is 6.38. The second kappa shape index (κ2) is 8.02. The monoisotopic (exact) mass is 447 g/mol. The van der Waals surface area contributed by atoms with E-state index >= 15 is 0 Å². The molecule has 2 aromatic carbocycles. The number of hydrogen-bond donors (Lipinski definition) is 1. The molecule has 23 heavy (non-hydrogen) atoms. The molecule has 0 aliphatic carbocycles. The van der Waals surface area contributed by atoms with Gasteiger partial charge in [0, 0.05) is 36.9 Å². The Morgan fingerprint density at radius 2 is 1.65 bits per heavy atom. The molecule has 1 heterocycles. The summed E-state index contributed by atoms with van der Waals surface area (Å²) in [6, 6.07) is 15.9. The largest absolute Gasteiger partial charge is 0.326 e. The average molecular weight is 450 g/mol. The lowest BCUT2D eigenvalue weighted by Crippen LogP contribution is -1.91. The van der Waals surface area contributed by atoms with Crippen molar-refractivity contribution in [3.05, 3.63) is 67.9 Å². The van der Waals surface area contributed by atoms with Gasteiger partial charge in [-0.25, -0.2) is 0 Å². The first-order valence-corrected chi connectivity index (χ1v) is 8.99. The topological polar surface area (TPSA) is 26.0 Å². The highest BCUT2D eigenvalue weighted by atomic mass is 79.9. The molecule has 0 aliphatic rings. The van der Waals surface area contributed by atoms with Crippen molar-refractivity contribution < 1.29 is 0 Å². The van der Waals surface area contributed by atoms with Crippen LogP contribution in [0.1, 0.15) is 4.88 Å². The molecule has 120 valence electrons. The van der Waals surface area contributed by atoms with E-state index in [1.807, 2.05) is 24.3 Å². The van der Waals surface area contributed by atoms with E-state index in [2.05, 4.69) is 34.1 Å². The van der Waals surface area contributed by atoms with E-state index in [1.165, 1.54) is 0 Å². The molecule has 0 radical (unpaired) electrons. The SMILES string of the molecule is Cl.NCc1cc(-c2ccc(Br)cc2)c(-c2ccc(Cl)cc2Cl)s1. The summed E-state index contributed by atoms with van der Waals surface area (Å²) in [6.07, 6.45) is 0. The van der Waals surface area contributed by atoms with Crippen LogP contribution in [0, 0.1) is 0 Å². The third-order valence-corrected chi connectivity index (χ3v) is 5.58. The first-order chi connectivity index (χ1) is 10.6. The Morgan fingerprint density at radius 3 is 2.26 bits per heavy atom. The van der Waals surface area contributed by atoms with Crippen molar-refractivity contribution >= 4 is 62.9 Å². The molecule has 0 spiro atoms. The lowest BCUT2D eigenvalue weighted by molar-refractivity contribution is 1.11. The third-order valence-electron chi connectivity index (χ3n) is 3.32. The molecule has 1 aromatic heterocycles. The van der Waals surface area contributed by atoms with Crippen molar-refractivity contribution in [2.24, 2.45) is 5.73 Å². The highest BCUT2D eigenvalue weighted by molar-refractivity contribution is 9.10. The molecule has 0 saturated carbocycles. The van der Waals surface area contributed by atoms with E-state index < -0.39 is 0 Å². The first-order valence-electron chi connectivity index (χ1n) is 6.62. The Hall–Kier alpha value is -0.550. The summed E-state index contributed by atoms with van der Waals surface area (Å²) < 4.78 is 1.05. The van der Waals surface area contributed by atoms with Gasteiger partial charge in [-0.15, -0.1) is 23.7 Å². The predicted molar refractivity (Wildman–Crippen MR) is 108 cm³/mol. The van der Waals surface area contributed by atoms with Gasteiger partial charge in [-0.1, -0.05) is 57.3 Å². The Labute approximate surface area is 164 Å². The zero-order valence-electron chi connectivity index (χ0n) is 11.9. The molecule has 6 heteroatoms. The lowest BCUT2D eigenvalue weighted by atomic mass is 10.0. The van der Waals surface area contributed by atoms with E-state index in [0.717, 1.165) is 30.9 Å². The number of thiophene rings is 1. The smallest absolute Gasteiger partial charge is 0.0507 e. The van der Waals surface area contributed by atoms with E-state index in [4.69, 9.17) is 28.9 Å². The van der Waals surface area contributed by atoms with Crippen molar-refractivity contribution in [3.63, 3.8) is 0 Å². The molecule has 0 aliphatic heterocycles. The van der Waals surface area contributed by atoms with Crippen LogP contribution in [-0.2, 0) is 6.54 Å². The summed E-state index contributed by atoms with van der Waals surface area (Å²) in [7, 11) is 0. The van der Waals surface area contributed by atoms with Crippen molar-refractivity contribution in [1.29, 1.82) is 0 Å². The van der Waals surface area contributed by atoms with Crippen molar-refractivity contribution in [2.75, 3.05) is 0 Å². The number of nitrogens with two attached hydrogens (primary N) is 1. The minimum atomic E-state index is 0. The van der Waals surface area contributed by atoms with Crippen LogP contribution < -0.4 is 5.73 Å². The summed E-state index contributed by atoms with van der Waals surface area (Å²) in [6.45, 7) is 0.513. The van der Waals surface area contributed by atoms with E-state index in [0.29, 0.717) is 16.6 Å². The van der Waals surface area contributed by atoms with Crippen LogP contribution in [0.25, 0.3) is 21.6 Å². The minimum absolute atomic E-state index is 0. The molecular weight excluding hydrogens is 437 g/mol. The van der Waals surface area contributed by atoms with Crippen molar-refractivity contribution in [2.45, 2.75) is 6.54 Å². The van der Waals surface area contributed by atoms with E-state index in [1.54, 1.807) is 17.4 Å². The van der Waals surface area contributed by atoms with Gasteiger partial charge in [0.1, 0.15) is 0 Å². The predicted octanol–water partition coefficient (Wildman–Crippen LogP) is 7.03. The van der Waals surface area contributed by atoms with Crippen LogP contribution in [0.4, 0.5) is 0 Å². The van der Waals surface area contributed by atoms with E-state index in [9.17, 15) is 0 Å². The maximum atomic E-state index is 6.38. The molecule has 0 atom stereocenters. The van der Waals surface area contributed by atoms with Gasteiger partial charge >= 0.3 is 0 Å². The molecule has 0 unspecified atom stereocenters. The Bertz CT molecular complexity index is 815. The zero-order chi connectivity index (χ0) is 15.7. The van der Waals surface area contributed by atoms with Gasteiger partial charge in [-0.05, 0) is 35.9 Å². The average Bonchev–Trinajstić information content (AvgIpc) is 2.92. The quantitative estimate of drug-likeness (QED) is 0.456. The number of halogens is 4. The molecule has 1 nitrogen and oxygen atoms in total. The van der Waals surface area contributed by atoms with Gasteiger partial charge in [0.25, 0.3) is 0 Å². The van der Waals surface area contributed by atoms with Crippen LogP contribution in [0.2, 0.25) is 10.0 Å². The van der Waals surface area contributed by atoms with Gasteiger partial charge < -0.3 is 5.73 Å². The van der Waals surface area contributed by atoms with Gasteiger partial charge in [0.15, 0.2) is 0 Å². The Kier molecular flexibility index (Phi) is 6.55. The molecular formula is C17H13BrCl3NS. The summed E-state index contributed by atoms with van der Waals surface area (Å²) in [4.78, 5) is 2.24. The number of rotatable bonds is 3. The van der Waals surface area contributed by atoms with E-state index in [-0.39, 0.29) is 12.4 Å². The summed E-state index contributed by atoms with van der Waals surface area (Å²) in [5.74, 6) is 0. The standard InChI is InChI=1S/C17H12BrCl2NS.ClH/c18-11-3-1-10(2-4-11)15-8-13(9-21)22-17(15)14-6-5-12(19)7-16(14)20;/h1-8H,9,21H2;1H. The summed E-state index contributed by atoms with van der Waals surface area (Å²) >= 11 is 17.5. The lowest BCUT2D eigenvalue weighted by Gasteiger charge is -2.07. The molecule has 2 N–H and O–H groups in total.